The monoisotopic (exact) mass is 533 g/mol. The zero-order valence-electron chi connectivity index (χ0n) is 17.2. The average Bonchev–Trinajstić information content (AvgIpc) is 3.15. The number of rotatable bonds is 3. The van der Waals surface area contributed by atoms with E-state index in [1.807, 2.05) is 0 Å². The van der Waals surface area contributed by atoms with E-state index in [9.17, 15) is 15.0 Å². The molecular formula is C24H18BrClFNO5. The third-order valence-corrected chi connectivity index (χ3v) is 7.28. The number of nitrogens with zero attached hydrogens (tertiary/aromatic N) is 1. The predicted molar refractivity (Wildman–Crippen MR) is 121 cm³/mol. The van der Waals surface area contributed by atoms with Gasteiger partial charge in [0.2, 0.25) is 5.67 Å². The van der Waals surface area contributed by atoms with Crippen LogP contribution in [0.25, 0.3) is 0 Å². The summed E-state index contributed by atoms with van der Waals surface area (Å²) in [4.78, 5) is 17.1. The van der Waals surface area contributed by atoms with Gasteiger partial charge in [-0.15, -0.1) is 0 Å². The third-order valence-electron chi connectivity index (χ3n) is 6.54. The van der Waals surface area contributed by atoms with Gasteiger partial charge < -0.3 is 19.7 Å². The SMILES string of the molecule is COC(=O)[C@]1(F)[C@@H](O)[C@@]2(O)c3ncc(Cl)cc3O[C@@]2(c2ccc(Br)cc2)[C@@H]1c1ccccc1. The minimum absolute atomic E-state index is 0.0832. The Bertz CT molecular complexity index is 1250. The van der Waals surface area contributed by atoms with Crippen LogP contribution in [0.4, 0.5) is 4.39 Å². The lowest BCUT2D eigenvalue weighted by atomic mass is 9.71. The maximum Gasteiger partial charge on any atom is 0.347 e. The summed E-state index contributed by atoms with van der Waals surface area (Å²) in [5.41, 5.74) is -6.97. The number of carbonyl (C=O) groups is 1. The summed E-state index contributed by atoms with van der Waals surface area (Å²) in [6.45, 7) is 0. The number of aliphatic hydroxyl groups is 2. The van der Waals surface area contributed by atoms with Gasteiger partial charge in [0.25, 0.3) is 0 Å². The van der Waals surface area contributed by atoms with Gasteiger partial charge in [0, 0.05) is 16.7 Å². The molecule has 0 amide bonds. The van der Waals surface area contributed by atoms with Crippen LogP contribution in [0.15, 0.2) is 71.3 Å². The summed E-state index contributed by atoms with van der Waals surface area (Å²) >= 11 is 9.49. The van der Waals surface area contributed by atoms with Crippen LogP contribution in [0.5, 0.6) is 5.75 Å². The molecule has 1 saturated carbocycles. The van der Waals surface area contributed by atoms with Crippen molar-refractivity contribution in [2.24, 2.45) is 0 Å². The summed E-state index contributed by atoms with van der Waals surface area (Å²) in [5.74, 6) is -2.75. The second-order valence-corrected chi connectivity index (χ2v) is 9.47. The van der Waals surface area contributed by atoms with Gasteiger partial charge in [-0.1, -0.05) is 70.0 Å². The highest BCUT2D eigenvalue weighted by molar-refractivity contribution is 9.10. The number of hydrogen-bond acceptors (Lipinski definition) is 6. The number of aliphatic hydroxyl groups excluding tert-OH is 1. The number of hydrogen-bond donors (Lipinski definition) is 2. The normalized spacial score (nSPS) is 32.1. The van der Waals surface area contributed by atoms with Crippen LogP contribution in [0.2, 0.25) is 5.02 Å². The third kappa shape index (κ3) is 2.72. The van der Waals surface area contributed by atoms with E-state index in [0.717, 1.165) is 11.6 Å². The van der Waals surface area contributed by atoms with E-state index in [1.54, 1.807) is 54.6 Å². The van der Waals surface area contributed by atoms with Crippen molar-refractivity contribution in [2.45, 2.75) is 28.9 Å². The number of ether oxygens (including phenoxy) is 2. The van der Waals surface area contributed by atoms with Crippen LogP contribution in [-0.2, 0) is 20.7 Å². The maximum absolute atomic E-state index is 17.0. The van der Waals surface area contributed by atoms with E-state index in [1.165, 1.54) is 12.3 Å². The molecule has 1 aromatic heterocycles. The number of halogens is 3. The van der Waals surface area contributed by atoms with Crippen molar-refractivity contribution in [3.63, 3.8) is 0 Å². The Kier molecular flexibility index (Phi) is 5.06. The van der Waals surface area contributed by atoms with Gasteiger partial charge in [-0.2, -0.15) is 0 Å². The first-order valence-corrected chi connectivity index (χ1v) is 11.2. The van der Waals surface area contributed by atoms with Gasteiger partial charge in [0.1, 0.15) is 17.5 Å². The van der Waals surface area contributed by atoms with Gasteiger partial charge in [-0.05, 0) is 23.3 Å². The first-order valence-electron chi connectivity index (χ1n) is 10.0. The van der Waals surface area contributed by atoms with E-state index in [2.05, 4.69) is 20.9 Å². The number of carbonyl (C=O) groups excluding carboxylic acids is 1. The van der Waals surface area contributed by atoms with Crippen LogP contribution in [0.3, 0.4) is 0 Å². The van der Waals surface area contributed by atoms with Crippen LogP contribution in [0.1, 0.15) is 22.7 Å². The Morgan fingerprint density at radius 2 is 1.88 bits per heavy atom. The molecule has 0 saturated heterocycles. The average molecular weight is 535 g/mol. The second kappa shape index (κ2) is 7.50. The van der Waals surface area contributed by atoms with Gasteiger partial charge >= 0.3 is 5.97 Å². The Balaban J connectivity index is 1.91. The Morgan fingerprint density at radius 1 is 1.21 bits per heavy atom. The summed E-state index contributed by atoms with van der Waals surface area (Å²) in [5, 5.41) is 23.8. The molecule has 2 aliphatic rings. The van der Waals surface area contributed by atoms with Crippen LogP contribution >= 0.6 is 27.5 Å². The molecule has 33 heavy (non-hydrogen) atoms. The minimum Gasteiger partial charge on any atom is -0.476 e. The number of fused-ring (bicyclic) bond motifs is 3. The quantitative estimate of drug-likeness (QED) is 0.494. The van der Waals surface area contributed by atoms with E-state index in [4.69, 9.17) is 21.1 Å². The molecule has 1 aliphatic heterocycles. The molecule has 0 bridgehead atoms. The molecule has 2 heterocycles. The zero-order chi connectivity index (χ0) is 23.6. The molecular weight excluding hydrogens is 517 g/mol. The molecule has 9 heteroatoms. The van der Waals surface area contributed by atoms with E-state index < -0.39 is 34.9 Å². The molecule has 0 radical (unpaired) electrons. The van der Waals surface area contributed by atoms with Crippen molar-refractivity contribution >= 4 is 33.5 Å². The minimum atomic E-state index is -3.07. The Morgan fingerprint density at radius 3 is 2.52 bits per heavy atom. The number of esters is 1. The molecule has 6 nitrogen and oxygen atoms in total. The molecule has 0 unspecified atom stereocenters. The highest BCUT2D eigenvalue weighted by Crippen LogP contribution is 2.70. The largest absolute Gasteiger partial charge is 0.476 e. The fourth-order valence-electron chi connectivity index (χ4n) is 5.23. The second-order valence-electron chi connectivity index (χ2n) is 8.12. The summed E-state index contributed by atoms with van der Waals surface area (Å²) in [6, 6.07) is 16.4. The molecule has 3 aromatic rings. The highest BCUT2D eigenvalue weighted by atomic mass is 79.9. The fourth-order valence-corrected chi connectivity index (χ4v) is 5.65. The fraction of sp³-hybridized carbons (Fsp3) is 0.250. The van der Waals surface area contributed by atoms with Crippen molar-refractivity contribution in [1.29, 1.82) is 0 Å². The van der Waals surface area contributed by atoms with E-state index in [-0.39, 0.29) is 16.5 Å². The molecule has 0 spiro atoms. The number of aromatic nitrogens is 1. The summed E-state index contributed by atoms with van der Waals surface area (Å²) in [6.07, 6.45) is -1.01. The lowest BCUT2D eigenvalue weighted by molar-refractivity contribution is -0.176. The number of pyridine rings is 1. The maximum atomic E-state index is 17.0. The molecule has 5 rings (SSSR count). The van der Waals surface area contributed by atoms with Crippen LogP contribution < -0.4 is 4.74 Å². The smallest absolute Gasteiger partial charge is 0.347 e. The topological polar surface area (TPSA) is 88.9 Å². The molecule has 1 fully saturated rings. The lowest BCUT2D eigenvalue weighted by Gasteiger charge is -2.40. The molecule has 2 aromatic carbocycles. The molecule has 170 valence electrons. The number of benzene rings is 2. The summed E-state index contributed by atoms with van der Waals surface area (Å²) < 4.78 is 28.8. The van der Waals surface area contributed by atoms with E-state index >= 15 is 4.39 Å². The van der Waals surface area contributed by atoms with Gasteiger partial charge in [-0.3, -0.25) is 4.98 Å². The van der Waals surface area contributed by atoms with Gasteiger partial charge in [0.15, 0.2) is 11.2 Å². The van der Waals surface area contributed by atoms with Crippen molar-refractivity contribution in [1.82, 2.24) is 4.98 Å². The molecule has 5 atom stereocenters. The first kappa shape index (κ1) is 22.3. The first-order chi connectivity index (χ1) is 15.7. The van der Waals surface area contributed by atoms with Crippen molar-refractivity contribution < 1.29 is 28.9 Å². The highest BCUT2D eigenvalue weighted by Gasteiger charge is 2.85. The van der Waals surface area contributed by atoms with Crippen molar-refractivity contribution in [3.8, 4) is 5.75 Å². The number of methoxy groups -OCH3 is 1. The predicted octanol–water partition coefficient (Wildman–Crippen LogP) is 4.01. The summed E-state index contributed by atoms with van der Waals surface area (Å²) in [7, 11) is 1.02. The van der Waals surface area contributed by atoms with Crippen LogP contribution in [-0.4, -0.2) is 40.0 Å². The molecule has 1 aliphatic carbocycles. The number of alkyl halides is 1. The van der Waals surface area contributed by atoms with Gasteiger partial charge in [-0.25, -0.2) is 9.18 Å². The standard InChI is InChI=1S/C24H18BrClFNO5/c1-32-21(30)22(27)18(13-5-3-2-4-6-13)24(14-7-9-15(25)10-8-14)23(31,20(22)29)19-17(33-24)11-16(26)12-28-19/h2-12,18,20,29,31H,1H3/t18-,20-,22-,23+,24+/m1/s1. The zero-order valence-corrected chi connectivity index (χ0v) is 19.5. The van der Waals surface area contributed by atoms with Crippen molar-refractivity contribution in [3.05, 3.63) is 93.2 Å². The molecule has 2 N–H and O–H groups in total. The Hall–Kier alpha value is -2.52. The lowest BCUT2D eigenvalue weighted by Crippen LogP contribution is -2.53. The Labute approximate surface area is 202 Å². The van der Waals surface area contributed by atoms with Crippen molar-refractivity contribution in [2.75, 3.05) is 7.11 Å². The van der Waals surface area contributed by atoms with Crippen LogP contribution in [0, 0.1) is 0 Å². The van der Waals surface area contributed by atoms with E-state index in [0.29, 0.717) is 11.1 Å². The van der Waals surface area contributed by atoms with Gasteiger partial charge in [0.05, 0.1) is 18.1 Å².